The van der Waals surface area contributed by atoms with Gasteiger partial charge in [0.15, 0.2) is 0 Å². The standard InChI is InChI=1S/C17H18ClFN2/c18-13-7-8-14(15(19)11-13)16(21-20)17(9-4-10-17)12-5-2-1-3-6-12/h1-3,5-8,11,16,21H,4,9-10,20H2. The molecule has 1 saturated carbocycles. The monoisotopic (exact) mass is 304 g/mol. The van der Waals surface area contributed by atoms with Crippen LogP contribution in [0.1, 0.15) is 36.4 Å². The van der Waals surface area contributed by atoms with Gasteiger partial charge in [0.25, 0.3) is 0 Å². The van der Waals surface area contributed by atoms with Crippen molar-refractivity contribution in [2.75, 3.05) is 0 Å². The minimum absolute atomic E-state index is 0.148. The molecule has 1 fully saturated rings. The second-order valence-electron chi connectivity index (χ2n) is 5.64. The van der Waals surface area contributed by atoms with Gasteiger partial charge in [0.2, 0.25) is 0 Å². The molecule has 110 valence electrons. The van der Waals surface area contributed by atoms with E-state index in [9.17, 15) is 4.39 Å². The number of rotatable bonds is 4. The number of benzene rings is 2. The van der Waals surface area contributed by atoms with Crippen LogP contribution in [0.3, 0.4) is 0 Å². The lowest BCUT2D eigenvalue weighted by atomic mass is 9.59. The van der Waals surface area contributed by atoms with Crippen LogP contribution in [0.15, 0.2) is 48.5 Å². The van der Waals surface area contributed by atoms with Crippen LogP contribution < -0.4 is 11.3 Å². The van der Waals surface area contributed by atoms with Gasteiger partial charge in [-0.15, -0.1) is 0 Å². The number of halogens is 2. The van der Waals surface area contributed by atoms with E-state index in [4.69, 9.17) is 17.4 Å². The van der Waals surface area contributed by atoms with Gasteiger partial charge in [0.05, 0.1) is 6.04 Å². The molecule has 0 amide bonds. The van der Waals surface area contributed by atoms with E-state index in [0.717, 1.165) is 19.3 Å². The van der Waals surface area contributed by atoms with E-state index in [1.54, 1.807) is 12.1 Å². The van der Waals surface area contributed by atoms with Gasteiger partial charge in [0.1, 0.15) is 5.82 Å². The van der Waals surface area contributed by atoms with Crippen molar-refractivity contribution in [2.45, 2.75) is 30.7 Å². The molecule has 1 atom stereocenters. The lowest BCUT2D eigenvalue weighted by Gasteiger charge is -2.48. The summed E-state index contributed by atoms with van der Waals surface area (Å²) in [5.41, 5.74) is 4.47. The van der Waals surface area contributed by atoms with Crippen LogP contribution in [0.4, 0.5) is 4.39 Å². The maximum atomic E-state index is 14.3. The van der Waals surface area contributed by atoms with Gasteiger partial charge in [-0.2, -0.15) is 0 Å². The fourth-order valence-corrected chi connectivity index (χ4v) is 3.51. The Morgan fingerprint density at radius 3 is 2.38 bits per heavy atom. The molecule has 3 rings (SSSR count). The molecule has 0 bridgehead atoms. The molecule has 0 spiro atoms. The highest BCUT2D eigenvalue weighted by atomic mass is 35.5. The quantitative estimate of drug-likeness (QED) is 0.659. The normalized spacial score (nSPS) is 18.0. The first kappa shape index (κ1) is 14.5. The molecular formula is C17H18ClFN2. The summed E-state index contributed by atoms with van der Waals surface area (Å²) in [7, 11) is 0. The molecule has 2 aromatic rings. The Bertz CT molecular complexity index is 626. The summed E-state index contributed by atoms with van der Waals surface area (Å²) in [6, 6.07) is 14.7. The van der Waals surface area contributed by atoms with Gasteiger partial charge in [-0.25, -0.2) is 4.39 Å². The third-order valence-electron chi connectivity index (χ3n) is 4.59. The highest BCUT2D eigenvalue weighted by Crippen LogP contribution is 2.52. The minimum Gasteiger partial charge on any atom is -0.271 e. The first-order valence-corrected chi connectivity index (χ1v) is 7.52. The molecule has 1 aliphatic rings. The second kappa shape index (κ2) is 5.76. The average Bonchev–Trinajstić information content (AvgIpc) is 2.44. The van der Waals surface area contributed by atoms with Gasteiger partial charge in [-0.05, 0) is 30.5 Å². The van der Waals surface area contributed by atoms with E-state index in [2.05, 4.69) is 17.6 Å². The smallest absolute Gasteiger partial charge is 0.129 e. The number of nitrogens with one attached hydrogen (secondary N) is 1. The Labute approximate surface area is 129 Å². The maximum absolute atomic E-state index is 14.3. The zero-order valence-electron chi connectivity index (χ0n) is 11.7. The van der Waals surface area contributed by atoms with Crippen LogP contribution in [0, 0.1) is 5.82 Å². The number of hydrogen-bond donors (Lipinski definition) is 2. The zero-order chi connectivity index (χ0) is 14.9. The minimum atomic E-state index is -0.312. The van der Waals surface area contributed by atoms with Crippen molar-refractivity contribution < 1.29 is 4.39 Å². The van der Waals surface area contributed by atoms with Crippen LogP contribution >= 0.6 is 11.6 Å². The Morgan fingerprint density at radius 2 is 1.86 bits per heavy atom. The van der Waals surface area contributed by atoms with Crippen molar-refractivity contribution in [3.05, 3.63) is 70.5 Å². The molecule has 1 aliphatic carbocycles. The molecular weight excluding hydrogens is 287 g/mol. The summed E-state index contributed by atoms with van der Waals surface area (Å²) in [6.45, 7) is 0. The highest BCUT2D eigenvalue weighted by molar-refractivity contribution is 6.30. The predicted octanol–water partition coefficient (Wildman–Crippen LogP) is 4.11. The third kappa shape index (κ3) is 2.46. The average molecular weight is 305 g/mol. The summed E-state index contributed by atoms with van der Waals surface area (Å²) >= 11 is 5.85. The van der Waals surface area contributed by atoms with Crippen LogP contribution in [0.2, 0.25) is 5.02 Å². The Morgan fingerprint density at radius 1 is 1.14 bits per heavy atom. The molecule has 0 heterocycles. The molecule has 0 aromatic heterocycles. The van der Waals surface area contributed by atoms with Crippen LogP contribution in [-0.4, -0.2) is 0 Å². The van der Waals surface area contributed by atoms with Crippen molar-refractivity contribution in [1.29, 1.82) is 0 Å². The summed E-state index contributed by atoms with van der Waals surface area (Å²) in [6.07, 6.45) is 3.12. The van der Waals surface area contributed by atoms with Crippen molar-refractivity contribution in [2.24, 2.45) is 5.84 Å². The molecule has 21 heavy (non-hydrogen) atoms. The fourth-order valence-electron chi connectivity index (χ4n) is 3.35. The zero-order valence-corrected chi connectivity index (χ0v) is 12.4. The molecule has 0 aliphatic heterocycles. The molecule has 0 radical (unpaired) electrons. The van der Waals surface area contributed by atoms with E-state index < -0.39 is 0 Å². The first-order chi connectivity index (χ1) is 10.2. The van der Waals surface area contributed by atoms with Crippen LogP contribution in [-0.2, 0) is 5.41 Å². The molecule has 2 aromatic carbocycles. The van der Waals surface area contributed by atoms with Gasteiger partial charge >= 0.3 is 0 Å². The van der Waals surface area contributed by atoms with Crippen molar-refractivity contribution in [3.63, 3.8) is 0 Å². The van der Waals surface area contributed by atoms with Crippen LogP contribution in [0.25, 0.3) is 0 Å². The fraction of sp³-hybridized carbons (Fsp3) is 0.294. The Hall–Kier alpha value is -1.42. The largest absolute Gasteiger partial charge is 0.271 e. The van der Waals surface area contributed by atoms with E-state index in [0.29, 0.717) is 10.6 Å². The summed E-state index contributed by atoms with van der Waals surface area (Å²) in [5, 5.41) is 0.398. The van der Waals surface area contributed by atoms with Gasteiger partial charge < -0.3 is 0 Å². The summed E-state index contributed by atoms with van der Waals surface area (Å²) in [5.74, 6) is 5.48. The van der Waals surface area contributed by atoms with Gasteiger partial charge in [0, 0.05) is 16.0 Å². The van der Waals surface area contributed by atoms with Crippen molar-refractivity contribution >= 4 is 11.6 Å². The maximum Gasteiger partial charge on any atom is 0.129 e. The van der Waals surface area contributed by atoms with Crippen molar-refractivity contribution in [1.82, 2.24) is 5.43 Å². The van der Waals surface area contributed by atoms with E-state index in [-0.39, 0.29) is 17.3 Å². The molecule has 0 saturated heterocycles. The van der Waals surface area contributed by atoms with E-state index >= 15 is 0 Å². The number of nitrogens with two attached hydrogens (primary N) is 1. The SMILES string of the molecule is NNC(c1ccc(Cl)cc1F)C1(c2ccccc2)CCC1. The summed E-state index contributed by atoms with van der Waals surface area (Å²) < 4.78 is 14.3. The molecule has 2 nitrogen and oxygen atoms in total. The number of hydrazine groups is 1. The van der Waals surface area contributed by atoms with Gasteiger partial charge in [-0.3, -0.25) is 11.3 Å². The number of hydrogen-bond acceptors (Lipinski definition) is 2. The van der Waals surface area contributed by atoms with Crippen LogP contribution in [0.5, 0.6) is 0 Å². The molecule has 3 N–H and O–H groups in total. The Kier molecular flexibility index (Phi) is 3.98. The highest BCUT2D eigenvalue weighted by Gasteiger charge is 2.46. The molecule has 4 heteroatoms. The summed E-state index contributed by atoms with van der Waals surface area (Å²) in [4.78, 5) is 0. The van der Waals surface area contributed by atoms with Crippen molar-refractivity contribution in [3.8, 4) is 0 Å². The molecule has 1 unspecified atom stereocenters. The predicted molar refractivity (Wildman–Crippen MR) is 83.4 cm³/mol. The second-order valence-corrected chi connectivity index (χ2v) is 6.08. The topological polar surface area (TPSA) is 38.0 Å². The lowest BCUT2D eigenvalue weighted by molar-refractivity contribution is 0.167. The lowest BCUT2D eigenvalue weighted by Crippen LogP contribution is -2.49. The third-order valence-corrected chi connectivity index (χ3v) is 4.82. The van der Waals surface area contributed by atoms with Gasteiger partial charge in [-0.1, -0.05) is 54.4 Å². The van der Waals surface area contributed by atoms with E-state index in [1.807, 2.05) is 18.2 Å². The van der Waals surface area contributed by atoms with E-state index in [1.165, 1.54) is 11.6 Å². The Balaban J connectivity index is 2.05. The first-order valence-electron chi connectivity index (χ1n) is 7.14.